The smallest absolute Gasteiger partial charge is 0.299 e. The quantitative estimate of drug-likeness (QED) is 0.160. The van der Waals surface area contributed by atoms with Crippen molar-refractivity contribution in [3.05, 3.63) is 75.9 Å². The highest BCUT2D eigenvalue weighted by atomic mass is 31.2. The van der Waals surface area contributed by atoms with E-state index in [4.69, 9.17) is 27.1 Å². The van der Waals surface area contributed by atoms with Gasteiger partial charge in [-0.2, -0.15) is 15.0 Å². The molecule has 0 fully saturated rings. The summed E-state index contributed by atoms with van der Waals surface area (Å²) in [6.07, 6.45) is 7.85. The summed E-state index contributed by atoms with van der Waals surface area (Å²) in [6.45, 7) is 19.6. The van der Waals surface area contributed by atoms with Gasteiger partial charge in [0, 0.05) is 0 Å². The van der Waals surface area contributed by atoms with Crippen LogP contribution in [-0.2, 0) is 40.8 Å². The lowest BCUT2D eigenvalue weighted by Crippen LogP contribution is -2.38. The van der Waals surface area contributed by atoms with Crippen LogP contribution in [0.1, 0.15) is 0 Å². The van der Waals surface area contributed by atoms with Crippen LogP contribution in [0.15, 0.2) is 75.9 Å². The van der Waals surface area contributed by atoms with E-state index in [-0.39, 0.29) is 39.6 Å². The predicted molar refractivity (Wildman–Crippen MR) is 138 cm³/mol. The molecule has 0 atom stereocenters. The molecular formula is C21H30N3O9P3. The lowest BCUT2D eigenvalue weighted by Gasteiger charge is -2.21. The third kappa shape index (κ3) is 9.09. The summed E-state index contributed by atoms with van der Waals surface area (Å²) >= 11 is 0. The van der Waals surface area contributed by atoms with Gasteiger partial charge in [-0.3, -0.25) is 40.8 Å². The largest absolute Gasteiger partial charge is 0.399 e. The van der Waals surface area contributed by atoms with E-state index in [1.54, 1.807) is 0 Å². The monoisotopic (exact) mass is 561 g/mol. The molecule has 0 aliphatic rings. The van der Waals surface area contributed by atoms with Gasteiger partial charge < -0.3 is 0 Å². The molecule has 1 aromatic rings. The molecule has 0 aliphatic heterocycles. The lowest BCUT2D eigenvalue weighted by atomic mass is 10.7. The minimum Gasteiger partial charge on any atom is -0.299 e. The molecule has 15 heteroatoms. The zero-order valence-electron chi connectivity index (χ0n) is 19.8. The third-order valence-electron chi connectivity index (χ3n) is 3.51. The van der Waals surface area contributed by atoms with Gasteiger partial charge in [-0.15, -0.1) is 39.5 Å². The Kier molecular flexibility index (Phi) is 14.1. The predicted octanol–water partition coefficient (Wildman–Crippen LogP) is 3.54. The summed E-state index contributed by atoms with van der Waals surface area (Å²) in [5, 5.41) is 0. The molecule has 0 saturated heterocycles. The second kappa shape index (κ2) is 15.9. The van der Waals surface area contributed by atoms with Gasteiger partial charge in [-0.25, -0.2) is 0 Å². The van der Waals surface area contributed by atoms with Crippen LogP contribution in [0.25, 0.3) is 0 Å². The van der Waals surface area contributed by atoms with Crippen molar-refractivity contribution in [1.82, 2.24) is 15.0 Å². The van der Waals surface area contributed by atoms with Crippen molar-refractivity contribution in [3.63, 3.8) is 0 Å². The summed E-state index contributed by atoms with van der Waals surface area (Å²) in [4.78, 5) is 12.0. The lowest BCUT2D eigenvalue weighted by molar-refractivity contribution is 0.243. The second-order valence-electron chi connectivity index (χ2n) is 6.23. The number of hydrogen-bond donors (Lipinski definition) is 0. The first kappa shape index (κ1) is 31.9. The van der Waals surface area contributed by atoms with Crippen molar-refractivity contribution in [1.29, 1.82) is 0 Å². The van der Waals surface area contributed by atoms with E-state index < -0.39 is 39.5 Å². The van der Waals surface area contributed by atoms with Crippen LogP contribution >= 0.6 is 22.8 Å². The Morgan fingerprint density at radius 3 is 0.750 bits per heavy atom. The standard InChI is InChI=1S/C21H30N3O9P3/c1-7-13-28-34(25,29-14-8-2)19-22-20(35(26,30-15-9-3)31-16-10-4)24-21(23-19)36(27,32-17-11-5)33-18-12-6/h7-12H,1-6,13-18H2. The molecule has 0 bridgehead atoms. The fourth-order valence-corrected chi connectivity index (χ4v) is 6.34. The van der Waals surface area contributed by atoms with E-state index in [0.717, 1.165) is 0 Å². The maximum atomic E-state index is 13.6. The van der Waals surface area contributed by atoms with Gasteiger partial charge in [0.15, 0.2) is 0 Å². The van der Waals surface area contributed by atoms with Crippen molar-refractivity contribution >= 4 is 39.5 Å². The molecule has 0 saturated carbocycles. The summed E-state index contributed by atoms with van der Waals surface area (Å²) in [5.41, 5.74) is -1.96. The van der Waals surface area contributed by atoms with Gasteiger partial charge in [-0.1, -0.05) is 36.5 Å². The fraction of sp³-hybridized carbons (Fsp3) is 0.286. The molecular weight excluding hydrogens is 531 g/mol. The van der Waals surface area contributed by atoms with Crippen LogP contribution in [0.5, 0.6) is 0 Å². The van der Waals surface area contributed by atoms with Crippen molar-refractivity contribution in [2.75, 3.05) is 39.6 Å². The fourth-order valence-electron chi connectivity index (χ4n) is 2.07. The first-order valence-corrected chi connectivity index (χ1v) is 14.9. The molecule has 0 spiro atoms. The Balaban J connectivity index is 3.95. The zero-order chi connectivity index (χ0) is 27.1. The molecule has 12 nitrogen and oxygen atoms in total. The Morgan fingerprint density at radius 1 is 0.444 bits per heavy atom. The molecule has 1 heterocycles. The molecule has 36 heavy (non-hydrogen) atoms. The Bertz CT molecular complexity index is 900. The van der Waals surface area contributed by atoms with Crippen LogP contribution in [0.2, 0.25) is 0 Å². The van der Waals surface area contributed by atoms with Crippen LogP contribution in [0.3, 0.4) is 0 Å². The highest BCUT2D eigenvalue weighted by Gasteiger charge is 2.42. The minimum atomic E-state index is -4.35. The van der Waals surface area contributed by atoms with Crippen LogP contribution in [-0.4, -0.2) is 54.6 Å². The first-order chi connectivity index (χ1) is 17.2. The molecule has 1 rings (SSSR count). The number of rotatable bonds is 21. The maximum absolute atomic E-state index is 13.6. The first-order valence-electron chi connectivity index (χ1n) is 10.3. The van der Waals surface area contributed by atoms with Crippen LogP contribution in [0, 0.1) is 0 Å². The Hall–Kier alpha value is -2.10. The van der Waals surface area contributed by atoms with E-state index in [1.165, 1.54) is 36.5 Å². The molecule has 198 valence electrons. The number of aromatic nitrogens is 3. The average Bonchev–Trinajstić information content (AvgIpc) is 2.90. The second-order valence-corrected chi connectivity index (χ2v) is 12.0. The SMILES string of the molecule is C=CCOP(=O)(OCC=C)c1nc(P(=O)(OCC=C)OCC=C)nc(P(=O)(OCC=C)OCC=C)n1. The summed E-state index contributed by atoms with van der Waals surface area (Å²) in [5.74, 6) is 0. The summed E-state index contributed by atoms with van der Waals surface area (Å²) < 4.78 is 72.9. The van der Waals surface area contributed by atoms with Gasteiger partial charge in [-0.05, 0) is 0 Å². The van der Waals surface area contributed by atoms with E-state index in [0.29, 0.717) is 0 Å². The highest BCUT2D eigenvalue weighted by Crippen LogP contribution is 2.50. The molecule has 0 radical (unpaired) electrons. The normalized spacial score (nSPS) is 12.0. The van der Waals surface area contributed by atoms with E-state index in [2.05, 4.69) is 54.4 Å². The minimum absolute atomic E-state index is 0.236. The molecule has 0 amide bonds. The van der Waals surface area contributed by atoms with Crippen molar-refractivity contribution in [2.24, 2.45) is 0 Å². The van der Waals surface area contributed by atoms with Gasteiger partial charge in [0.25, 0.3) is 0 Å². The molecule has 1 aromatic heterocycles. The maximum Gasteiger partial charge on any atom is 0.399 e. The van der Waals surface area contributed by atoms with Crippen LogP contribution in [0.4, 0.5) is 0 Å². The van der Waals surface area contributed by atoms with Gasteiger partial charge in [0.2, 0.25) is 16.7 Å². The molecule has 0 unspecified atom stereocenters. The van der Waals surface area contributed by atoms with Crippen molar-refractivity contribution in [2.45, 2.75) is 0 Å². The van der Waals surface area contributed by atoms with Crippen molar-refractivity contribution in [3.8, 4) is 0 Å². The number of hydrogen-bond acceptors (Lipinski definition) is 12. The molecule has 0 aliphatic carbocycles. The van der Waals surface area contributed by atoms with Gasteiger partial charge in [0.1, 0.15) is 0 Å². The number of nitrogens with zero attached hydrogens (tertiary/aromatic N) is 3. The zero-order valence-corrected chi connectivity index (χ0v) is 22.5. The van der Waals surface area contributed by atoms with E-state index in [9.17, 15) is 13.7 Å². The molecule has 0 N–H and O–H groups in total. The topological polar surface area (TPSA) is 145 Å². The van der Waals surface area contributed by atoms with Gasteiger partial charge >= 0.3 is 22.8 Å². The highest BCUT2D eigenvalue weighted by molar-refractivity contribution is 7.64. The third-order valence-corrected chi connectivity index (χ3v) is 8.51. The average molecular weight is 561 g/mol. The van der Waals surface area contributed by atoms with Crippen LogP contribution < -0.4 is 16.7 Å². The van der Waals surface area contributed by atoms with E-state index >= 15 is 0 Å². The van der Waals surface area contributed by atoms with Crippen molar-refractivity contribution < 1.29 is 40.8 Å². The Morgan fingerprint density at radius 2 is 0.611 bits per heavy atom. The summed E-state index contributed by atoms with van der Waals surface area (Å²) in [6, 6.07) is 0. The Labute approximate surface area is 211 Å². The summed E-state index contributed by atoms with van der Waals surface area (Å²) in [7, 11) is -13.1. The van der Waals surface area contributed by atoms with Gasteiger partial charge in [0.05, 0.1) is 39.6 Å². The molecule has 0 aromatic carbocycles. The van der Waals surface area contributed by atoms with E-state index in [1.807, 2.05) is 0 Å².